The summed E-state index contributed by atoms with van der Waals surface area (Å²) in [7, 11) is 1.37. The lowest BCUT2D eigenvalue weighted by atomic mass is 10.2. The number of esters is 1. The predicted molar refractivity (Wildman–Crippen MR) is 55.1 cm³/mol. The maximum absolute atomic E-state index is 10.8. The number of carbonyl (C=O) groups is 1. The van der Waals surface area contributed by atoms with Gasteiger partial charge in [0.1, 0.15) is 0 Å². The van der Waals surface area contributed by atoms with Gasteiger partial charge in [-0.25, -0.2) is 0 Å². The third-order valence-electron chi connectivity index (χ3n) is 1.67. The molecule has 14 heavy (non-hydrogen) atoms. The molecular formula is C10H12O3S. The molecule has 0 heterocycles. The molecular weight excluding hydrogens is 200 g/mol. The van der Waals surface area contributed by atoms with E-state index in [-0.39, 0.29) is 12.6 Å². The van der Waals surface area contributed by atoms with E-state index < -0.39 is 0 Å². The molecule has 0 bridgehead atoms. The quantitative estimate of drug-likeness (QED) is 0.606. The Morgan fingerprint density at radius 3 is 3.00 bits per heavy atom. The minimum Gasteiger partial charge on any atom is -0.468 e. The monoisotopic (exact) mass is 212 g/mol. The van der Waals surface area contributed by atoms with Crippen LogP contribution in [-0.4, -0.2) is 23.9 Å². The van der Waals surface area contributed by atoms with Gasteiger partial charge in [0.25, 0.3) is 0 Å². The first-order valence-corrected chi connectivity index (χ1v) is 5.14. The Hall–Kier alpha value is -1.00. The number of aliphatic hydroxyl groups excluding tert-OH is 1. The topological polar surface area (TPSA) is 46.5 Å². The zero-order chi connectivity index (χ0) is 10.4. The lowest BCUT2D eigenvalue weighted by molar-refractivity contribution is -0.137. The standard InChI is InChI=1S/C10H12O3S/c1-13-10(12)7-14-9-4-2-3-8(5-9)6-11/h2-5,11H,6-7H2,1H3. The van der Waals surface area contributed by atoms with Gasteiger partial charge in [-0.05, 0) is 17.7 Å². The first-order chi connectivity index (χ1) is 6.76. The zero-order valence-electron chi connectivity index (χ0n) is 7.90. The molecule has 0 fully saturated rings. The van der Waals surface area contributed by atoms with Crippen molar-refractivity contribution in [3.63, 3.8) is 0 Å². The van der Waals surface area contributed by atoms with E-state index >= 15 is 0 Å². The fourth-order valence-electron chi connectivity index (χ4n) is 0.935. The lowest BCUT2D eigenvalue weighted by Crippen LogP contribution is -2.02. The molecule has 0 unspecified atom stereocenters. The zero-order valence-corrected chi connectivity index (χ0v) is 8.71. The highest BCUT2D eigenvalue weighted by Crippen LogP contribution is 2.19. The summed E-state index contributed by atoms with van der Waals surface area (Å²) in [6.07, 6.45) is 0. The normalized spacial score (nSPS) is 9.86. The Morgan fingerprint density at radius 1 is 1.57 bits per heavy atom. The van der Waals surface area contributed by atoms with Crippen LogP contribution in [-0.2, 0) is 16.1 Å². The van der Waals surface area contributed by atoms with E-state index in [4.69, 9.17) is 5.11 Å². The average molecular weight is 212 g/mol. The summed E-state index contributed by atoms with van der Waals surface area (Å²) in [6.45, 7) is 0.0205. The van der Waals surface area contributed by atoms with Gasteiger partial charge >= 0.3 is 5.97 Å². The van der Waals surface area contributed by atoms with Crippen LogP contribution in [0.1, 0.15) is 5.56 Å². The summed E-state index contributed by atoms with van der Waals surface area (Å²) in [4.78, 5) is 11.8. The van der Waals surface area contributed by atoms with Crippen molar-refractivity contribution < 1.29 is 14.6 Å². The summed E-state index contributed by atoms with van der Waals surface area (Å²) in [5, 5.41) is 8.88. The van der Waals surface area contributed by atoms with Gasteiger partial charge in [0.2, 0.25) is 0 Å². The van der Waals surface area contributed by atoms with Gasteiger partial charge in [-0.3, -0.25) is 4.79 Å². The summed E-state index contributed by atoms with van der Waals surface area (Å²) in [6, 6.07) is 7.44. The largest absolute Gasteiger partial charge is 0.468 e. The van der Waals surface area contributed by atoms with Gasteiger partial charge in [-0.2, -0.15) is 0 Å². The van der Waals surface area contributed by atoms with Crippen LogP contribution in [0.25, 0.3) is 0 Å². The molecule has 0 aliphatic carbocycles. The van der Waals surface area contributed by atoms with Gasteiger partial charge in [0.15, 0.2) is 0 Å². The van der Waals surface area contributed by atoms with Crippen LogP contribution < -0.4 is 0 Å². The van der Waals surface area contributed by atoms with Gasteiger partial charge in [-0.1, -0.05) is 12.1 Å². The Kier molecular flexibility index (Phi) is 4.49. The number of carbonyl (C=O) groups excluding carboxylic acids is 1. The second-order valence-electron chi connectivity index (χ2n) is 2.67. The molecule has 1 rings (SSSR count). The van der Waals surface area contributed by atoms with Crippen molar-refractivity contribution in [2.45, 2.75) is 11.5 Å². The van der Waals surface area contributed by atoms with Crippen molar-refractivity contribution in [2.75, 3.05) is 12.9 Å². The SMILES string of the molecule is COC(=O)CSc1cccc(CO)c1. The molecule has 76 valence electrons. The molecule has 4 heteroatoms. The summed E-state index contributed by atoms with van der Waals surface area (Å²) < 4.78 is 4.52. The Morgan fingerprint density at radius 2 is 2.36 bits per heavy atom. The second kappa shape index (κ2) is 5.67. The fraction of sp³-hybridized carbons (Fsp3) is 0.300. The number of benzene rings is 1. The molecule has 0 aliphatic rings. The molecule has 0 radical (unpaired) electrons. The molecule has 1 aromatic rings. The number of rotatable bonds is 4. The first-order valence-electron chi connectivity index (χ1n) is 4.15. The number of ether oxygens (including phenoxy) is 1. The first kappa shape index (κ1) is 11.1. The van der Waals surface area contributed by atoms with Crippen LogP contribution in [0.5, 0.6) is 0 Å². The highest BCUT2D eigenvalue weighted by atomic mass is 32.2. The van der Waals surface area contributed by atoms with Gasteiger partial charge < -0.3 is 9.84 Å². The molecule has 0 atom stereocenters. The summed E-state index contributed by atoms with van der Waals surface area (Å²) in [5.74, 6) is 0.0511. The van der Waals surface area contributed by atoms with Crippen LogP contribution >= 0.6 is 11.8 Å². The van der Waals surface area contributed by atoms with Crippen molar-refractivity contribution in [2.24, 2.45) is 0 Å². The third kappa shape index (κ3) is 3.40. The van der Waals surface area contributed by atoms with Crippen molar-refractivity contribution in [3.05, 3.63) is 29.8 Å². The highest BCUT2D eigenvalue weighted by Gasteiger charge is 2.02. The molecule has 0 aliphatic heterocycles. The second-order valence-corrected chi connectivity index (χ2v) is 3.72. The van der Waals surface area contributed by atoms with E-state index in [1.807, 2.05) is 24.3 Å². The highest BCUT2D eigenvalue weighted by molar-refractivity contribution is 8.00. The number of aliphatic hydroxyl groups is 1. The molecule has 3 nitrogen and oxygen atoms in total. The Labute approximate surface area is 87.1 Å². The Bertz CT molecular complexity index is 312. The van der Waals surface area contributed by atoms with E-state index in [1.54, 1.807) is 0 Å². The fourth-order valence-corrected chi connectivity index (χ4v) is 1.75. The van der Waals surface area contributed by atoms with Crippen molar-refractivity contribution in [3.8, 4) is 0 Å². The summed E-state index contributed by atoms with van der Waals surface area (Å²) >= 11 is 1.40. The van der Waals surface area contributed by atoms with E-state index in [1.165, 1.54) is 18.9 Å². The van der Waals surface area contributed by atoms with Crippen molar-refractivity contribution >= 4 is 17.7 Å². The molecule has 0 aromatic heterocycles. The number of methoxy groups -OCH3 is 1. The maximum atomic E-state index is 10.8. The number of thioether (sulfide) groups is 1. The van der Waals surface area contributed by atoms with Gasteiger partial charge in [0, 0.05) is 4.90 Å². The van der Waals surface area contributed by atoms with E-state index in [0.29, 0.717) is 5.75 Å². The maximum Gasteiger partial charge on any atom is 0.315 e. The van der Waals surface area contributed by atoms with Gasteiger partial charge in [-0.15, -0.1) is 11.8 Å². The van der Waals surface area contributed by atoms with Crippen LogP contribution in [0.15, 0.2) is 29.2 Å². The van der Waals surface area contributed by atoms with Crippen molar-refractivity contribution in [1.29, 1.82) is 0 Å². The van der Waals surface area contributed by atoms with E-state index in [2.05, 4.69) is 4.74 Å². The van der Waals surface area contributed by atoms with Crippen LogP contribution in [0.4, 0.5) is 0 Å². The minimum atomic E-state index is -0.246. The molecule has 0 spiro atoms. The smallest absolute Gasteiger partial charge is 0.315 e. The number of hydrogen-bond donors (Lipinski definition) is 1. The van der Waals surface area contributed by atoms with Crippen LogP contribution in [0.3, 0.4) is 0 Å². The minimum absolute atomic E-state index is 0.0205. The van der Waals surface area contributed by atoms with Crippen molar-refractivity contribution in [1.82, 2.24) is 0 Å². The lowest BCUT2D eigenvalue weighted by Gasteiger charge is -2.02. The van der Waals surface area contributed by atoms with E-state index in [0.717, 1.165) is 10.5 Å². The average Bonchev–Trinajstić information content (AvgIpc) is 2.26. The predicted octanol–water partition coefficient (Wildman–Crippen LogP) is 1.44. The van der Waals surface area contributed by atoms with E-state index in [9.17, 15) is 4.79 Å². The Balaban J connectivity index is 2.54. The third-order valence-corrected chi connectivity index (χ3v) is 2.63. The number of hydrogen-bond acceptors (Lipinski definition) is 4. The molecule has 0 saturated carbocycles. The molecule has 1 aromatic carbocycles. The van der Waals surface area contributed by atoms with Gasteiger partial charge in [0.05, 0.1) is 19.5 Å². The molecule has 0 amide bonds. The van der Waals surface area contributed by atoms with Crippen LogP contribution in [0.2, 0.25) is 0 Å². The summed E-state index contributed by atoms with van der Waals surface area (Å²) in [5.41, 5.74) is 0.847. The molecule has 1 N–H and O–H groups in total. The molecule has 0 saturated heterocycles. The van der Waals surface area contributed by atoms with Crippen LogP contribution in [0, 0.1) is 0 Å².